The highest BCUT2D eigenvalue weighted by Crippen LogP contribution is 2.28. The van der Waals surface area contributed by atoms with Crippen molar-refractivity contribution < 1.29 is 9.53 Å². The SMILES string of the molecule is Cc1c(C(=O)OCc2ccccc2)cn2ncnc(N3CC3)c12. The van der Waals surface area contributed by atoms with Crippen molar-refractivity contribution in [3.8, 4) is 0 Å². The molecule has 0 bridgehead atoms. The lowest BCUT2D eigenvalue weighted by Gasteiger charge is -2.05. The van der Waals surface area contributed by atoms with Crippen LogP contribution in [0.1, 0.15) is 21.5 Å². The Morgan fingerprint density at radius 1 is 1.26 bits per heavy atom. The second-order valence-corrected chi connectivity index (χ2v) is 5.59. The zero-order chi connectivity index (χ0) is 15.8. The first-order valence-electron chi connectivity index (χ1n) is 7.53. The summed E-state index contributed by atoms with van der Waals surface area (Å²) in [6.45, 7) is 4.15. The maximum absolute atomic E-state index is 12.4. The minimum atomic E-state index is -0.339. The molecular weight excluding hydrogens is 292 g/mol. The Morgan fingerprint density at radius 2 is 2.04 bits per heavy atom. The summed E-state index contributed by atoms with van der Waals surface area (Å²) in [6, 6.07) is 9.64. The molecule has 3 heterocycles. The van der Waals surface area contributed by atoms with E-state index >= 15 is 0 Å². The van der Waals surface area contributed by atoms with E-state index in [-0.39, 0.29) is 12.6 Å². The minimum Gasteiger partial charge on any atom is -0.457 e. The van der Waals surface area contributed by atoms with E-state index in [9.17, 15) is 4.79 Å². The second kappa shape index (κ2) is 5.39. The van der Waals surface area contributed by atoms with Gasteiger partial charge in [-0.3, -0.25) is 0 Å². The largest absolute Gasteiger partial charge is 0.457 e. The molecule has 0 amide bonds. The van der Waals surface area contributed by atoms with Gasteiger partial charge in [0.1, 0.15) is 18.5 Å². The molecule has 4 rings (SSSR count). The number of rotatable bonds is 4. The van der Waals surface area contributed by atoms with Gasteiger partial charge in [0.15, 0.2) is 5.82 Å². The number of aryl methyl sites for hydroxylation is 1. The van der Waals surface area contributed by atoms with E-state index in [1.165, 1.54) is 6.33 Å². The molecule has 1 fully saturated rings. The predicted molar refractivity (Wildman–Crippen MR) is 85.5 cm³/mol. The van der Waals surface area contributed by atoms with Gasteiger partial charge < -0.3 is 9.64 Å². The zero-order valence-corrected chi connectivity index (χ0v) is 12.8. The van der Waals surface area contributed by atoms with Crippen LogP contribution in [0.3, 0.4) is 0 Å². The molecule has 6 nitrogen and oxygen atoms in total. The molecule has 116 valence electrons. The van der Waals surface area contributed by atoms with E-state index in [1.54, 1.807) is 10.7 Å². The van der Waals surface area contributed by atoms with E-state index in [4.69, 9.17) is 4.74 Å². The van der Waals surface area contributed by atoms with Crippen LogP contribution in [-0.4, -0.2) is 33.7 Å². The average Bonchev–Trinajstić information content (AvgIpc) is 3.37. The summed E-state index contributed by atoms with van der Waals surface area (Å²) in [6.07, 6.45) is 3.23. The lowest BCUT2D eigenvalue weighted by atomic mass is 10.2. The minimum absolute atomic E-state index is 0.260. The van der Waals surface area contributed by atoms with Gasteiger partial charge >= 0.3 is 5.97 Å². The van der Waals surface area contributed by atoms with Crippen LogP contribution >= 0.6 is 0 Å². The number of benzene rings is 1. The first-order valence-corrected chi connectivity index (χ1v) is 7.53. The molecule has 0 radical (unpaired) electrons. The van der Waals surface area contributed by atoms with Crippen LogP contribution in [0.15, 0.2) is 42.9 Å². The van der Waals surface area contributed by atoms with E-state index < -0.39 is 0 Å². The van der Waals surface area contributed by atoms with Crippen molar-refractivity contribution in [2.75, 3.05) is 18.0 Å². The number of anilines is 1. The third-order valence-electron chi connectivity index (χ3n) is 3.99. The maximum atomic E-state index is 12.4. The number of hydrogen-bond donors (Lipinski definition) is 0. The number of esters is 1. The summed E-state index contributed by atoms with van der Waals surface area (Å²) < 4.78 is 7.13. The van der Waals surface area contributed by atoms with Crippen LogP contribution in [0.5, 0.6) is 0 Å². The van der Waals surface area contributed by atoms with E-state index in [1.807, 2.05) is 37.3 Å². The molecule has 0 N–H and O–H groups in total. The Labute approximate surface area is 133 Å². The number of carbonyl (C=O) groups is 1. The molecule has 1 aliphatic rings. The van der Waals surface area contributed by atoms with Gasteiger partial charge in [0, 0.05) is 19.3 Å². The Morgan fingerprint density at radius 3 is 2.78 bits per heavy atom. The number of hydrogen-bond acceptors (Lipinski definition) is 5. The van der Waals surface area contributed by atoms with Crippen LogP contribution in [0.25, 0.3) is 5.52 Å². The first-order chi connectivity index (χ1) is 11.2. The zero-order valence-electron chi connectivity index (χ0n) is 12.8. The molecule has 2 aromatic heterocycles. The summed E-state index contributed by atoms with van der Waals surface area (Å²) in [7, 11) is 0. The van der Waals surface area contributed by atoms with E-state index in [2.05, 4.69) is 15.0 Å². The number of nitrogens with zero attached hydrogens (tertiary/aromatic N) is 4. The third kappa shape index (κ3) is 2.52. The highest BCUT2D eigenvalue weighted by molar-refractivity contribution is 5.95. The van der Waals surface area contributed by atoms with Gasteiger partial charge in [0.05, 0.1) is 5.56 Å². The van der Waals surface area contributed by atoms with Crippen molar-refractivity contribution in [1.82, 2.24) is 14.6 Å². The van der Waals surface area contributed by atoms with Crippen LogP contribution in [0.4, 0.5) is 5.82 Å². The fourth-order valence-electron chi connectivity index (χ4n) is 2.64. The average molecular weight is 308 g/mol. The number of fused-ring (bicyclic) bond motifs is 1. The number of carbonyl (C=O) groups excluding carboxylic acids is 1. The van der Waals surface area contributed by atoms with Gasteiger partial charge in [-0.1, -0.05) is 30.3 Å². The Bertz CT molecular complexity index is 869. The standard InChI is InChI=1S/C17H16N4O2/c1-12-14(17(22)23-10-13-5-3-2-4-6-13)9-21-15(12)16(18-11-19-21)20-7-8-20/h2-6,9,11H,7-8,10H2,1H3. The number of ether oxygens (including phenoxy) is 1. The molecule has 1 saturated heterocycles. The van der Waals surface area contributed by atoms with Crippen LogP contribution in [0.2, 0.25) is 0 Å². The van der Waals surface area contributed by atoms with Crippen molar-refractivity contribution in [2.24, 2.45) is 0 Å². The molecule has 0 spiro atoms. The molecule has 6 heteroatoms. The quantitative estimate of drug-likeness (QED) is 0.546. The molecule has 3 aromatic rings. The van der Waals surface area contributed by atoms with Crippen molar-refractivity contribution in [3.05, 3.63) is 59.5 Å². The number of aromatic nitrogens is 3. The lowest BCUT2D eigenvalue weighted by Crippen LogP contribution is -2.05. The van der Waals surface area contributed by atoms with Crippen LogP contribution in [-0.2, 0) is 11.3 Å². The fourth-order valence-corrected chi connectivity index (χ4v) is 2.64. The highest BCUT2D eigenvalue weighted by Gasteiger charge is 2.26. The molecule has 0 aliphatic carbocycles. The summed E-state index contributed by atoms with van der Waals surface area (Å²) in [4.78, 5) is 18.9. The first kappa shape index (κ1) is 13.8. The van der Waals surface area contributed by atoms with Gasteiger partial charge in [-0.05, 0) is 18.1 Å². The van der Waals surface area contributed by atoms with Crippen LogP contribution < -0.4 is 4.90 Å². The summed E-state index contributed by atoms with van der Waals surface area (Å²) in [5, 5.41) is 4.21. The summed E-state index contributed by atoms with van der Waals surface area (Å²) >= 11 is 0. The lowest BCUT2D eigenvalue weighted by molar-refractivity contribution is 0.0472. The summed E-state index contributed by atoms with van der Waals surface area (Å²) in [5.74, 6) is 0.535. The van der Waals surface area contributed by atoms with E-state index in [0.717, 1.165) is 35.6 Å². The van der Waals surface area contributed by atoms with Gasteiger partial charge in [0.25, 0.3) is 0 Å². The van der Waals surface area contributed by atoms with Gasteiger partial charge in [-0.2, -0.15) is 5.10 Å². The molecule has 1 aliphatic heterocycles. The molecule has 1 aromatic carbocycles. The van der Waals surface area contributed by atoms with Gasteiger partial charge in [-0.15, -0.1) is 0 Å². The predicted octanol–water partition coefficient (Wildman–Crippen LogP) is 2.21. The van der Waals surface area contributed by atoms with Crippen molar-refractivity contribution in [2.45, 2.75) is 13.5 Å². The van der Waals surface area contributed by atoms with Gasteiger partial charge in [-0.25, -0.2) is 14.3 Å². The van der Waals surface area contributed by atoms with Crippen LogP contribution in [0, 0.1) is 6.92 Å². The Kier molecular flexibility index (Phi) is 3.22. The maximum Gasteiger partial charge on any atom is 0.340 e. The van der Waals surface area contributed by atoms with Gasteiger partial charge in [0.2, 0.25) is 0 Å². The van der Waals surface area contributed by atoms with E-state index in [0.29, 0.717) is 5.56 Å². The molecule has 0 atom stereocenters. The molecular formula is C17H16N4O2. The van der Waals surface area contributed by atoms with Crippen molar-refractivity contribution in [1.29, 1.82) is 0 Å². The second-order valence-electron chi connectivity index (χ2n) is 5.59. The fraction of sp³-hybridized carbons (Fsp3) is 0.235. The Hall–Kier alpha value is -2.89. The monoisotopic (exact) mass is 308 g/mol. The summed E-state index contributed by atoms with van der Waals surface area (Å²) in [5.41, 5.74) is 3.22. The van der Waals surface area contributed by atoms with Crippen molar-refractivity contribution in [3.63, 3.8) is 0 Å². The molecule has 0 saturated carbocycles. The normalized spacial score (nSPS) is 13.3. The molecule has 23 heavy (non-hydrogen) atoms. The molecule has 0 unspecified atom stereocenters. The topological polar surface area (TPSA) is 59.5 Å². The smallest absolute Gasteiger partial charge is 0.340 e. The Balaban J connectivity index is 1.62. The van der Waals surface area contributed by atoms with Crippen molar-refractivity contribution >= 4 is 17.3 Å². The third-order valence-corrected chi connectivity index (χ3v) is 3.99. The highest BCUT2D eigenvalue weighted by atomic mass is 16.5.